The molecule has 2 aromatic rings. The lowest BCUT2D eigenvalue weighted by Crippen LogP contribution is -2.36. The molecule has 0 aliphatic carbocycles. The second kappa shape index (κ2) is 7.05. The molecule has 2 N–H and O–H groups in total. The predicted octanol–water partition coefficient (Wildman–Crippen LogP) is 1.26. The molecule has 24 heavy (non-hydrogen) atoms. The number of carboxylic acid groups (broad SMARTS) is 1. The number of nitrogens with zero attached hydrogens (tertiary/aromatic N) is 3. The van der Waals surface area contributed by atoms with Crippen LogP contribution in [-0.2, 0) is 4.74 Å². The molecule has 1 aromatic carbocycles. The number of hydrogen-bond acceptors (Lipinski definition) is 6. The van der Waals surface area contributed by atoms with E-state index in [4.69, 9.17) is 9.84 Å². The van der Waals surface area contributed by atoms with E-state index in [-0.39, 0.29) is 11.4 Å². The molecule has 1 aliphatic rings. The first-order valence-electron chi connectivity index (χ1n) is 7.44. The van der Waals surface area contributed by atoms with E-state index in [1.165, 1.54) is 12.4 Å². The molecule has 0 spiro atoms. The Kier molecular flexibility index (Phi) is 4.66. The van der Waals surface area contributed by atoms with Gasteiger partial charge in [0.2, 0.25) is 0 Å². The third kappa shape index (κ3) is 3.33. The minimum Gasteiger partial charge on any atom is -0.476 e. The Hall–Kier alpha value is -3.00. The van der Waals surface area contributed by atoms with Gasteiger partial charge in [0.25, 0.3) is 5.91 Å². The molecule has 1 fully saturated rings. The topological polar surface area (TPSA) is 105 Å². The first-order chi connectivity index (χ1) is 11.7. The molecule has 0 unspecified atom stereocenters. The van der Waals surface area contributed by atoms with E-state index in [1.807, 2.05) is 12.1 Å². The lowest BCUT2D eigenvalue weighted by Gasteiger charge is -2.30. The zero-order valence-electron chi connectivity index (χ0n) is 12.8. The Balaban J connectivity index is 1.86. The molecule has 2 heterocycles. The second-order valence-corrected chi connectivity index (χ2v) is 5.13. The van der Waals surface area contributed by atoms with Crippen LogP contribution in [0.15, 0.2) is 36.7 Å². The van der Waals surface area contributed by atoms with Crippen LogP contribution in [0.3, 0.4) is 0 Å². The van der Waals surface area contributed by atoms with Gasteiger partial charge in [0.15, 0.2) is 11.4 Å². The molecule has 1 aromatic heterocycles. The van der Waals surface area contributed by atoms with Crippen LogP contribution in [0, 0.1) is 0 Å². The molecule has 1 aliphatic heterocycles. The summed E-state index contributed by atoms with van der Waals surface area (Å²) in [6, 6.07) is 7.34. The van der Waals surface area contributed by atoms with E-state index in [9.17, 15) is 9.59 Å². The lowest BCUT2D eigenvalue weighted by atomic mass is 10.2. The fourth-order valence-corrected chi connectivity index (χ4v) is 2.50. The van der Waals surface area contributed by atoms with Gasteiger partial charge in [-0.3, -0.25) is 4.79 Å². The number of morpholine rings is 1. The fourth-order valence-electron chi connectivity index (χ4n) is 2.50. The fraction of sp³-hybridized carbons (Fsp3) is 0.250. The molecular weight excluding hydrogens is 312 g/mol. The third-order valence-electron chi connectivity index (χ3n) is 3.62. The van der Waals surface area contributed by atoms with Crippen LogP contribution in [0.4, 0.5) is 11.4 Å². The van der Waals surface area contributed by atoms with Crippen LogP contribution in [0.5, 0.6) is 0 Å². The number of carbonyl (C=O) groups is 2. The van der Waals surface area contributed by atoms with Crippen LogP contribution in [0.1, 0.15) is 21.0 Å². The number of amides is 1. The normalized spacial score (nSPS) is 14.2. The highest BCUT2D eigenvalue weighted by Gasteiger charge is 2.21. The van der Waals surface area contributed by atoms with Crippen LogP contribution < -0.4 is 10.2 Å². The standard InChI is InChI=1S/C16H16N4O4/c21-15(13-14(16(22)23)18-6-5-17-13)19-11-3-1-2-4-12(11)20-7-9-24-10-8-20/h1-6H,7-10H2,(H,19,21)(H,22,23). The zero-order valence-corrected chi connectivity index (χ0v) is 12.8. The smallest absolute Gasteiger partial charge is 0.356 e. The second-order valence-electron chi connectivity index (χ2n) is 5.13. The van der Waals surface area contributed by atoms with E-state index in [0.717, 1.165) is 18.8 Å². The van der Waals surface area contributed by atoms with Crippen molar-refractivity contribution in [3.05, 3.63) is 48.0 Å². The van der Waals surface area contributed by atoms with Crippen molar-refractivity contribution in [1.29, 1.82) is 0 Å². The van der Waals surface area contributed by atoms with E-state index < -0.39 is 11.9 Å². The Morgan fingerprint density at radius 2 is 1.75 bits per heavy atom. The molecule has 0 radical (unpaired) electrons. The minimum atomic E-state index is -1.30. The number of rotatable bonds is 4. The first-order valence-corrected chi connectivity index (χ1v) is 7.44. The number of benzene rings is 1. The third-order valence-corrected chi connectivity index (χ3v) is 3.62. The lowest BCUT2D eigenvalue weighted by molar-refractivity contribution is 0.0685. The van der Waals surface area contributed by atoms with Crippen LogP contribution in [0.2, 0.25) is 0 Å². The van der Waals surface area contributed by atoms with Gasteiger partial charge in [0.1, 0.15) is 0 Å². The summed E-state index contributed by atoms with van der Waals surface area (Å²) in [4.78, 5) is 33.3. The predicted molar refractivity (Wildman–Crippen MR) is 86.4 cm³/mol. The van der Waals surface area contributed by atoms with Crippen molar-refractivity contribution >= 4 is 23.3 Å². The summed E-state index contributed by atoms with van der Waals surface area (Å²) < 4.78 is 5.34. The van der Waals surface area contributed by atoms with Gasteiger partial charge < -0.3 is 20.1 Å². The summed E-state index contributed by atoms with van der Waals surface area (Å²) in [5.41, 5.74) is 0.849. The molecule has 1 amide bonds. The molecule has 8 heteroatoms. The number of aromatic nitrogens is 2. The Bertz CT molecular complexity index is 759. The molecule has 0 bridgehead atoms. The van der Waals surface area contributed by atoms with E-state index in [0.29, 0.717) is 18.9 Å². The summed E-state index contributed by atoms with van der Waals surface area (Å²) in [6.07, 6.45) is 2.52. The number of carboxylic acids is 1. The number of ether oxygens (including phenoxy) is 1. The molecule has 124 valence electrons. The highest BCUT2D eigenvalue weighted by molar-refractivity contribution is 6.09. The first kappa shape index (κ1) is 15.9. The van der Waals surface area contributed by atoms with Crippen molar-refractivity contribution in [2.24, 2.45) is 0 Å². The maximum absolute atomic E-state index is 12.5. The molecule has 0 atom stereocenters. The average molecular weight is 328 g/mol. The number of carbonyl (C=O) groups excluding carboxylic acids is 1. The summed E-state index contributed by atoms with van der Waals surface area (Å²) in [5, 5.41) is 11.9. The van der Waals surface area contributed by atoms with E-state index in [2.05, 4.69) is 20.2 Å². The van der Waals surface area contributed by atoms with Crippen molar-refractivity contribution < 1.29 is 19.4 Å². The maximum Gasteiger partial charge on any atom is 0.356 e. The van der Waals surface area contributed by atoms with E-state index >= 15 is 0 Å². The van der Waals surface area contributed by atoms with Crippen molar-refractivity contribution in [3.8, 4) is 0 Å². The van der Waals surface area contributed by atoms with Crippen molar-refractivity contribution in [2.75, 3.05) is 36.5 Å². The van der Waals surface area contributed by atoms with Crippen LogP contribution in [-0.4, -0.2) is 53.3 Å². The Morgan fingerprint density at radius 1 is 1.08 bits per heavy atom. The van der Waals surface area contributed by atoms with Gasteiger partial charge in [-0.05, 0) is 12.1 Å². The molecule has 8 nitrogen and oxygen atoms in total. The molecular formula is C16H16N4O4. The number of hydrogen-bond donors (Lipinski definition) is 2. The summed E-state index contributed by atoms with van der Waals surface area (Å²) in [7, 11) is 0. The monoisotopic (exact) mass is 328 g/mol. The van der Waals surface area contributed by atoms with Crippen LogP contribution in [0.25, 0.3) is 0 Å². The van der Waals surface area contributed by atoms with Crippen molar-refractivity contribution in [3.63, 3.8) is 0 Å². The van der Waals surface area contributed by atoms with Gasteiger partial charge in [-0.2, -0.15) is 0 Å². The zero-order chi connectivity index (χ0) is 16.9. The van der Waals surface area contributed by atoms with Gasteiger partial charge >= 0.3 is 5.97 Å². The number of anilines is 2. The average Bonchev–Trinajstić information content (AvgIpc) is 2.63. The van der Waals surface area contributed by atoms with Gasteiger partial charge in [0.05, 0.1) is 24.6 Å². The number of para-hydroxylation sites is 2. The minimum absolute atomic E-state index is 0.221. The highest BCUT2D eigenvalue weighted by Crippen LogP contribution is 2.26. The maximum atomic E-state index is 12.5. The summed E-state index contributed by atoms with van der Waals surface area (Å²) in [5.74, 6) is -1.91. The van der Waals surface area contributed by atoms with Gasteiger partial charge in [-0.25, -0.2) is 14.8 Å². The Labute approximate surface area is 138 Å². The van der Waals surface area contributed by atoms with Crippen molar-refractivity contribution in [2.45, 2.75) is 0 Å². The van der Waals surface area contributed by atoms with Gasteiger partial charge in [-0.15, -0.1) is 0 Å². The molecule has 1 saturated heterocycles. The Morgan fingerprint density at radius 3 is 2.46 bits per heavy atom. The number of nitrogens with one attached hydrogen (secondary N) is 1. The summed E-state index contributed by atoms with van der Waals surface area (Å²) in [6.45, 7) is 2.68. The van der Waals surface area contributed by atoms with E-state index in [1.54, 1.807) is 12.1 Å². The van der Waals surface area contributed by atoms with Gasteiger partial charge in [-0.1, -0.05) is 12.1 Å². The van der Waals surface area contributed by atoms with Crippen molar-refractivity contribution in [1.82, 2.24) is 9.97 Å². The van der Waals surface area contributed by atoms with Gasteiger partial charge in [0, 0.05) is 25.5 Å². The van der Waals surface area contributed by atoms with Crippen LogP contribution >= 0.6 is 0 Å². The molecule has 3 rings (SSSR count). The largest absolute Gasteiger partial charge is 0.476 e. The SMILES string of the molecule is O=C(O)c1nccnc1C(=O)Nc1ccccc1N1CCOCC1. The summed E-state index contributed by atoms with van der Waals surface area (Å²) >= 11 is 0. The quantitative estimate of drug-likeness (QED) is 0.870. The number of aromatic carboxylic acids is 1. The molecule has 0 saturated carbocycles. The highest BCUT2D eigenvalue weighted by atomic mass is 16.5.